The molecule has 3 rings (SSSR count). The first-order valence-electron chi connectivity index (χ1n) is 11.3. The standard InChI is InChI=1S/C25H24F3N5O5/c1-2-29-24(37)33-21-13-20(31-16-8-10-18(11-9-16)38-25(26,27)28)19(14-30-21)23(36)32-17-6-3-15(4-7-17)5-12-22(34)35/h3-4,6-11,13-14H,2,5,12H2,1H3,(H,32,36)(H,34,35)(H3,29,30,31,33,37). The third kappa shape index (κ3) is 8.69. The number of anilines is 4. The summed E-state index contributed by atoms with van der Waals surface area (Å²) >= 11 is 0. The number of ether oxygens (including phenoxy) is 1. The molecule has 0 atom stereocenters. The first-order valence-corrected chi connectivity index (χ1v) is 11.3. The zero-order chi connectivity index (χ0) is 27.7. The summed E-state index contributed by atoms with van der Waals surface area (Å²) in [5, 5.41) is 19.5. The van der Waals surface area contributed by atoms with Gasteiger partial charge in [0.15, 0.2) is 0 Å². The zero-order valence-corrected chi connectivity index (χ0v) is 20.1. The molecule has 0 saturated carbocycles. The van der Waals surface area contributed by atoms with E-state index in [1.165, 1.54) is 24.4 Å². The van der Waals surface area contributed by atoms with Crippen LogP contribution in [0.2, 0.25) is 0 Å². The molecule has 38 heavy (non-hydrogen) atoms. The maximum Gasteiger partial charge on any atom is 0.573 e. The van der Waals surface area contributed by atoms with Crippen LogP contribution in [0.5, 0.6) is 5.75 Å². The van der Waals surface area contributed by atoms with Gasteiger partial charge in [-0.3, -0.25) is 14.9 Å². The van der Waals surface area contributed by atoms with Crippen LogP contribution in [0.15, 0.2) is 60.8 Å². The molecule has 0 aliphatic rings. The normalized spacial score (nSPS) is 10.8. The van der Waals surface area contributed by atoms with Gasteiger partial charge >= 0.3 is 18.4 Å². The van der Waals surface area contributed by atoms with Crippen LogP contribution in [-0.2, 0) is 11.2 Å². The zero-order valence-electron chi connectivity index (χ0n) is 20.1. The lowest BCUT2D eigenvalue weighted by atomic mass is 10.1. The van der Waals surface area contributed by atoms with Gasteiger partial charge in [-0.1, -0.05) is 12.1 Å². The SMILES string of the molecule is CCNC(=O)Nc1cc(Nc2ccc(OC(F)(F)F)cc2)c(C(=O)Nc2ccc(CCC(=O)O)cc2)cn1. The van der Waals surface area contributed by atoms with Crippen LogP contribution in [0.25, 0.3) is 0 Å². The Morgan fingerprint density at radius 1 is 0.974 bits per heavy atom. The van der Waals surface area contributed by atoms with Crippen molar-refractivity contribution in [1.29, 1.82) is 0 Å². The molecule has 0 bridgehead atoms. The number of nitrogens with one attached hydrogen (secondary N) is 4. The second-order valence-corrected chi connectivity index (χ2v) is 7.84. The van der Waals surface area contributed by atoms with E-state index in [9.17, 15) is 27.6 Å². The number of pyridine rings is 1. The summed E-state index contributed by atoms with van der Waals surface area (Å²) in [6.07, 6.45) is -3.28. The van der Waals surface area contributed by atoms with Crippen molar-refractivity contribution in [3.05, 3.63) is 71.9 Å². The fourth-order valence-electron chi connectivity index (χ4n) is 3.23. The third-order valence-electron chi connectivity index (χ3n) is 4.93. The lowest BCUT2D eigenvalue weighted by molar-refractivity contribution is -0.274. The number of amides is 3. The monoisotopic (exact) mass is 531 g/mol. The van der Waals surface area contributed by atoms with Gasteiger partial charge in [-0.05, 0) is 55.3 Å². The number of carboxylic acids is 1. The van der Waals surface area contributed by atoms with Crippen molar-refractivity contribution < 1.29 is 37.4 Å². The number of alkyl halides is 3. The summed E-state index contributed by atoms with van der Waals surface area (Å²) in [5.74, 6) is -1.77. The molecular formula is C25H24F3N5O5. The number of aryl methyl sites for hydroxylation is 1. The lowest BCUT2D eigenvalue weighted by Gasteiger charge is -2.15. The number of carboxylic acid groups (broad SMARTS) is 1. The summed E-state index contributed by atoms with van der Waals surface area (Å²) in [5.41, 5.74) is 1.86. The van der Waals surface area contributed by atoms with Gasteiger partial charge in [0, 0.05) is 36.6 Å². The van der Waals surface area contributed by atoms with Gasteiger partial charge in [-0.25, -0.2) is 9.78 Å². The van der Waals surface area contributed by atoms with E-state index in [1.54, 1.807) is 31.2 Å². The van der Waals surface area contributed by atoms with Crippen molar-refractivity contribution in [3.63, 3.8) is 0 Å². The Morgan fingerprint density at radius 2 is 1.63 bits per heavy atom. The van der Waals surface area contributed by atoms with Gasteiger partial charge in [0.05, 0.1) is 11.3 Å². The largest absolute Gasteiger partial charge is 0.573 e. The number of hydrogen-bond acceptors (Lipinski definition) is 6. The fourth-order valence-corrected chi connectivity index (χ4v) is 3.23. The van der Waals surface area contributed by atoms with Crippen molar-refractivity contribution >= 4 is 40.8 Å². The molecule has 0 fully saturated rings. The van der Waals surface area contributed by atoms with Crippen LogP contribution in [-0.4, -0.2) is 40.9 Å². The van der Waals surface area contributed by atoms with Gasteiger partial charge in [-0.15, -0.1) is 13.2 Å². The number of aliphatic carboxylic acids is 1. The summed E-state index contributed by atoms with van der Waals surface area (Å²) in [6, 6.07) is 12.4. The van der Waals surface area contributed by atoms with E-state index < -0.39 is 30.0 Å². The predicted octanol–water partition coefficient (Wildman–Crippen LogP) is 5.13. The Hall–Kier alpha value is -4.81. The molecule has 0 unspecified atom stereocenters. The van der Waals surface area contributed by atoms with E-state index in [0.717, 1.165) is 17.7 Å². The van der Waals surface area contributed by atoms with Crippen molar-refractivity contribution in [2.75, 3.05) is 22.5 Å². The molecule has 0 aliphatic heterocycles. The molecule has 13 heteroatoms. The minimum atomic E-state index is -4.83. The van der Waals surface area contributed by atoms with E-state index >= 15 is 0 Å². The van der Waals surface area contributed by atoms with Crippen molar-refractivity contribution in [2.24, 2.45) is 0 Å². The summed E-state index contributed by atoms with van der Waals surface area (Å²) in [4.78, 5) is 39.8. The highest BCUT2D eigenvalue weighted by molar-refractivity contribution is 6.08. The Balaban J connectivity index is 1.82. The molecule has 3 aromatic rings. The average Bonchev–Trinajstić information content (AvgIpc) is 2.84. The second-order valence-electron chi connectivity index (χ2n) is 7.84. The summed E-state index contributed by atoms with van der Waals surface area (Å²) in [6.45, 7) is 2.11. The van der Waals surface area contributed by atoms with Crippen LogP contribution in [0, 0.1) is 0 Å². The van der Waals surface area contributed by atoms with Gasteiger partial charge < -0.3 is 25.8 Å². The summed E-state index contributed by atoms with van der Waals surface area (Å²) in [7, 11) is 0. The van der Waals surface area contributed by atoms with E-state index in [2.05, 4.69) is 31.0 Å². The highest BCUT2D eigenvalue weighted by Crippen LogP contribution is 2.28. The number of rotatable bonds is 10. The molecule has 3 amide bonds. The van der Waals surface area contributed by atoms with Crippen LogP contribution in [0.4, 0.5) is 40.8 Å². The number of benzene rings is 2. The molecule has 0 radical (unpaired) electrons. The molecule has 5 N–H and O–H groups in total. The van der Waals surface area contributed by atoms with Crippen LogP contribution in [0.1, 0.15) is 29.3 Å². The average molecular weight is 531 g/mol. The minimum absolute atomic E-state index is 0.0215. The highest BCUT2D eigenvalue weighted by atomic mass is 19.4. The molecule has 2 aromatic carbocycles. The maximum absolute atomic E-state index is 13.1. The topological polar surface area (TPSA) is 142 Å². The number of aromatic nitrogens is 1. The predicted molar refractivity (Wildman–Crippen MR) is 134 cm³/mol. The Labute approximate surface area is 215 Å². The molecular weight excluding hydrogens is 507 g/mol. The molecule has 0 saturated heterocycles. The third-order valence-corrected chi connectivity index (χ3v) is 4.93. The molecule has 0 spiro atoms. The smallest absolute Gasteiger partial charge is 0.481 e. The number of carbonyl (C=O) groups excluding carboxylic acids is 2. The Kier molecular flexibility index (Phi) is 9.09. The van der Waals surface area contributed by atoms with Crippen LogP contribution in [0.3, 0.4) is 0 Å². The molecule has 200 valence electrons. The van der Waals surface area contributed by atoms with E-state index in [0.29, 0.717) is 24.3 Å². The Morgan fingerprint density at radius 3 is 2.24 bits per heavy atom. The van der Waals surface area contributed by atoms with E-state index in [1.807, 2.05) is 0 Å². The molecule has 1 heterocycles. The van der Waals surface area contributed by atoms with E-state index in [-0.39, 0.29) is 23.5 Å². The fraction of sp³-hybridized carbons (Fsp3) is 0.200. The second kappa shape index (κ2) is 12.4. The molecule has 0 aliphatic carbocycles. The van der Waals surface area contributed by atoms with Crippen molar-refractivity contribution in [3.8, 4) is 5.75 Å². The first-order chi connectivity index (χ1) is 18.0. The maximum atomic E-state index is 13.1. The van der Waals surface area contributed by atoms with Gasteiger partial charge in [0.1, 0.15) is 11.6 Å². The lowest BCUT2D eigenvalue weighted by Crippen LogP contribution is -2.28. The molecule has 1 aromatic heterocycles. The number of urea groups is 1. The minimum Gasteiger partial charge on any atom is -0.481 e. The quantitative estimate of drug-likeness (QED) is 0.244. The van der Waals surface area contributed by atoms with Crippen molar-refractivity contribution in [1.82, 2.24) is 10.3 Å². The van der Waals surface area contributed by atoms with Crippen molar-refractivity contribution in [2.45, 2.75) is 26.1 Å². The molecule has 10 nitrogen and oxygen atoms in total. The number of nitrogens with zero attached hydrogens (tertiary/aromatic N) is 1. The van der Waals surface area contributed by atoms with Crippen LogP contribution >= 0.6 is 0 Å². The Bertz CT molecular complexity index is 1280. The highest BCUT2D eigenvalue weighted by Gasteiger charge is 2.31. The number of hydrogen-bond donors (Lipinski definition) is 5. The van der Waals surface area contributed by atoms with Crippen LogP contribution < -0.4 is 26.0 Å². The van der Waals surface area contributed by atoms with Gasteiger partial charge in [0.25, 0.3) is 5.91 Å². The number of halogens is 3. The van der Waals surface area contributed by atoms with Gasteiger partial charge in [-0.2, -0.15) is 0 Å². The first kappa shape index (κ1) is 27.8. The van der Waals surface area contributed by atoms with E-state index in [4.69, 9.17) is 5.11 Å². The summed E-state index contributed by atoms with van der Waals surface area (Å²) < 4.78 is 41.2. The van der Waals surface area contributed by atoms with Gasteiger partial charge in [0.2, 0.25) is 0 Å². The number of carbonyl (C=O) groups is 3.